The lowest BCUT2D eigenvalue weighted by Gasteiger charge is -2.03. The van der Waals surface area contributed by atoms with Crippen molar-refractivity contribution in [2.24, 2.45) is 0 Å². The summed E-state index contributed by atoms with van der Waals surface area (Å²) in [6.45, 7) is 0.786. The summed E-state index contributed by atoms with van der Waals surface area (Å²) in [5, 5.41) is 0.746. The molecule has 0 N–H and O–H groups in total. The third-order valence-corrected chi connectivity index (χ3v) is 3.61. The minimum Gasteiger partial charge on any atom is -0.184 e. The van der Waals surface area contributed by atoms with Crippen molar-refractivity contribution in [2.75, 3.05) is 0 Å². The maximum Gasteiger partial charge on any atom is 0.275 e. The quantitative estimate of drug-likeness (QED) is 0.496. The molecular weight excluding hydrogens is 266 g/mol. The maximum atomic E-state index is 6.39. The Balaban J connectivity index is 1.89. The molecule has 20 heavy (non-hydrogen) atoms. The molecule has 2 aromatic carbocycles. The SMILES string of the molecule is Clc1cc(-c2ccccc2)cc[n+]1Cc1ccccc1. The third-order valence-electron chi connectivity index (χ3n) is 3.29. The van der Waals surface area contributed by atoms with Gasteiger partial charge in [0, 0.05) is 17.7 Å². The molecule has 0 radical (unpaired) electrons. The lowest BCUT2D eigenvalue weighted by atomic mass is 10.1. The Morgan fingerprint density at radius 1 is 0.750 bits per heavy atom. The number of benzene rings is 2. The van der Waals surface area contributed by atoms with Gasteiger partial charge in [-0.3, -0.25) is 0 Å². The zero-order chi connectivity index (χ0) is 13.8. The van der Waals surface area contributed by atoms with Gasteiger partial charge < -0.3 is 0 Å². The molecule has 0 spiro atoms. The van der Waals surface area contributed by atoms with Crippen LogP contribution in [0.1, 0.15) is 5.56 Å². The molecule has 0 aliphatic rings. The van der Waals surface area contributed by atoms with Crippen LogP contribution in [0.15, 0.2) is 79.0 Å². The largest absolute Gasteiger partial charge is 0.275 e. The minimum atomic E-state index is 0.746. The zero-order valence-electron chi connectivity index (χ0n) is 11.0. The van der Waals surface area contributed by atoms with Crippen LogP contribution in [0.4, 0.5) is 0 Å². The highest BCUT2D eigenvalue weighted by atomic mass is 35.5. The molecule has 0 unspecified atom stereocenters. The van der Waals surface area contributed by atoms with E-state index < -0.39 is 0 Å². The van der Waals surface area contributed by atoms with Gasteiger partial charge in [0.1, 0.15) is 0 Å². The first-order chi connectivity index (χ1) is 9.83. The molecule has 98 valence electrons. The predicted molar refractivity (Wildman–Crippen MR) is 82.6 cm³/mol. The van der Waals surface area contributed by atoms with Gasteiger partial charge in [0.05, 0.1) is 0 Å². The lowest BCUT2D eigenvalue weighted by molar-refractivity contribution is -0.686. The second-order valence-electron chi connectivity index (χ2n) is 4.72. The highest BCUT2D eigenvalue weighted by Crippen LogP contribution is 2.20. The van der Waals surface area contributed by atoms with Gasteiger partial charge in [-0.05, 0) is 22.7 Å². The molecule has 0 saturated heterocycles. The summed E-state index contributed by atoms with van der Waals surface area (Å²) in [7, 11) is 0. The van der Waals surface area contributed by atoms with Crippen LogP contribution in [0.5, 0.6) is 0 Å². The molecule has 0 bridgehead atoms. The van der Waals surface area contributed by atoms with E-state index in [0.717, 1.165) is 17.3 Å². The van der Waals surface area contributed by atoms with Gasteiger partial charge in [-0.2, -0.15) is 4.57 Å². The third kappa shape index (κ3) is 2.89. The first-order valence-electron chi connectivity index (χ1n) is 6.61. The van der Waals surface area contributed by atoms with Crippen LogP contribution in [0.3, 0.4) is 0 Å². The van der Waals surface area contributed by atoms with E-state index >= 15 is 0 Å². The number of nitrogens with zero attached hydrogens (tertiary/aromatic N) is 1. The molecule has 1 aromatic heterocycles. The normalized spacial score (nSPS) is 10.4. The summed E-state index contributed by atoms with van der Waals surface area (Å²) in [5.74, 6) is 0. The smallest absolute Gasteiger partial charge is 0.184 e. The summed E-state index contributed by atoms with van der Waals surface area (Å²) < 4.78 is 2.04. The minimum absolute atomic E-state index is 0.746. The highest BCUT2D eigenvalue weighted by Gasteiger charge is 2.10. The number of hydrogen-bond acceptors (Lipinski definition) is 0. The zero-order valence-corrected chi connectivity index (χ0v) is 11.8. The van der Waals surface area contributed by atoms with Crippen LogP contribution in [-0.4, -0.2) is 0 Å². The summed E-state index contributed by atoms with van der Waals surface area (Å²) in [6.07, 6.45) is 2.04. The van der Waals surface area contributed by atoms with Gasteiger partial charge in [-0.15, -0.1) is 0 Å². The average molecular weight is 281 g/mol. The van der Waals surface area contributed by atoms with Gasteiger partial charge in [0.2, 0.25) is 0 Å². The molecule has 3 rings (SSSR count). The molecule has 0 saturated carbocycles. The highest BCUT2D eigenvalue weighted by molar-refractivity contribution is 6.28. The van der Waals surface area contributed by atoms with Crippen LogP contribution in [0.25, 0.3) is 11.1 Å². The molecular formula is C18H15ClN+. The summed E-state index contributed by atoms with van der Waals surface area (Å²) in [4.78, 5) is 0. The van der Waals surface area contributed by atoms with Crippen molar-refractivity contribution in [3.05, 3.63) is 89.7 Å². The molecule has 0 amide bonds. The van der Waals surface area contributed by atoms with Crippen molar-refractivity contribution < 1.29 is 4.57 Å². The second kappa shape index (κ2) is 5.89. The van der Waals surface area contributed by atoms with Crippen molar-refractivity contribution in [3.63, 3.8) is 0 Å². The van der Waals surface area contributed by atoms with Crippen molar-refractivity contribution in [2.45, 2.75) is 6.54 Å². The van der Waals surface area contributed by atoms with E-state index in [1.807, 2.05) is 53.2 Å². The van der Waals surface area contributed by atoms with E-state index in [1.54, 1.807) is 0 Å². The summed E-state index contributed by atoms with van der Waals surface area (Å²) in [5.41, 5.74) is 3.56. The molecule has 2 heteroatoms. The first kappa shape index (κ1) is 12.9. The Morgan fingerprint density at radius 2 is 1.40 bits per heavy atom. The number of hydrogen-bond donors (Lipinski definition) is 0. The fourth-order valence-corrected chi connectivity index (χ4v) is 2.45. The van der Waals surface area contributed by atoms with Crippen molar-refractivity contribution in [3.8, 4) is 11.1 Å². The van der Waals surface area contributed by atoms with E-state index in [4.69, 9.17) is 11.6 Å². The molecule has 0 aliphatic carbocycles. The summed E-state index contributed by atoms with van der Waals surface area (Å²) >= 11 is 6.39. The fourth-order valence-electron chi connectivity index (χ4n) is 2.22. The van der Waals surface area contributed by atoms with E-state index in [2.05, 4.69) is 30.3 Å². The fraction of sp³-hybridized carbons (Fsp3) is 0.0556. The molecule has 0 atom stereocenters. The van der Waals surface area contributed by atoms with Gasteiger partial charge in [-0.25, -0.2) is 0 Å². The van der Waals surface area contributed by atoms with Gasteiger partial charge in [0.15, 0.2) is 12.7 Å². The summed E-state index contributed by atoms with van der Waals surface area (Å²) in [6, 6.07) is 24.7. The maximum absolute atomic E-state index is 6.39. The van der Waals surface area contributed by atoms with Gasteiger partial charge >= 0.3 is 0 Å². The predicted octanol–water partition coefficient (Wildman–Crippen LogP) is 4.34. The van der Waals surface area contributed by atoms with Gasteiger partial charge in [0.25, 0.3) is 5.15 Å². The average Bonchev–Trinajstić information content (AvgIpc) is 2.51. The Hall–Kier alpha value is -2.12. The number of rotatable bonds is 3. The Labute approximate surface area is 124 Å². The van der Waals surface area contributed by atoms with Gasteiger partial charge in [-0.1, -0.05) is 60.7 Å². The molecule has 0 fully saturated rings. The van der Waals surface area contributed by atoms with Crippen LogP contribution < -0.4 is 4.57 Å². The van der Waals surface area contributed by atoms with Crippen LogP contribution in [0, 0.1) is 0 Å². The Kier molecular flexibility index (Phi) is 3.80. The van der Waals surface area contributed by atoms with E-state index in [-0.39, 0.29) is 0 Å². The standard InChI is InChI=1S/C18H15ClN/c19-18-13-17(16-9-5-2-6-10-16)11-12-20(18)14-15-7-3-1-4-8-15/h1-13H,14H2/q+1. The van der Waals surface area contributed by atoms with E-state index in [1.165, 1.54) is 11.1 Å². The van der Waals surface area contributed by atoms with E-state index in [0.29, 0.717) is 0 Å². The van der Waals surface area contributed by atoms with Crippen molar-refractivity contribution >= 4 is 11.6 Å². The molecule has 3 aromatic rings. The van der Waals surface area contributed by atoms with Crippen LogP contribution >= 0.6 is 11.6 Å². The topological polar surface area (TPSA) is 3.88 Å². The second-order valence-corrected chi connectivity index (χ2v) is 5.10. The number of halogens is 1. The molecule has 1 nitrogen and oxygen atoms in total. The monoisotopic (exact) mass is 280 g/mol. The van der Waals surface area contributed by atoms with Crippen molar-refractivity contribution in [1.29, 1.82) is 0 Å². The lowest BCUT2D eigenvalue weighted by Crippen LogP contribution is -2.35. The Morgan fingerprint density at radius 3 is 2.05 bits per heavy atom. The van der Waals surface area contributed by atoms with Crippen molar-refractivity contribution in [1.82, 2.24) is 0 Å². The first-order valence-corrected chi connectivity index (χ1v) is 6.99. The molecule has 1 heterocycles. The molecule has 0 aliphatic heterocycles. The number of pyridine rings is 1. The van der Waals surface area contributed by atoms with Crippen LogP contribution in [0.2, 0.25) is 5.15 Å². The van der Waals surface area contributed by atoms with E-state index in [9.17, 15) is 0 Å². The number of aromatic nitrogens is 1. The Bertz CT molecular complexity index is 693. The van der Waals surface area contributed by atoms with Crippen LogP contribution in [-0.2, 0) is 6.54 Å².